The molecule has 1 spiro atoms. The first kappa shape index (κ1) is 8.48. The van der Waals surface area contributed by atoms with Crippen molar-refractivity contribution in [3.8, 4) is 0 Å². The Labute approximate surface area is 73.2 Å². The zero-order valence-electron chi connectivity index (χ0n) is 7.58. The molecule has 1 unspecified atom stereocenters. The zero-order valence-corrected chi connectivity index (χ0v) is 7.58. The van der Waals surface area contributed by atoms with E-state index in [1.54, 1.807) is 0 Å². The molecule has 1 aliphatic carbocycles. The highest BCUT2D eigenvalue weighted by molar-refractivity contribution is 4.85. The molecule has 0 bridgehead atoms. The highest BCUT2D eigenvalue weighted by Gasteiger charge is 2.42. The van der Waals surface area contributed by atoms with Crippen molar-refractivity contribution in [3.05, 3.63) is 0 Å². The van der Waals surface area contributed by atoms with Crippen LogP contribution in [0.1, 0.15) is 32.6 Å². The summed E-state index contributed by atoms with van der Waals surface area (Å²) in [6.07, 6.45) is 4.27. The Morgan fingerprint density at radius 1 is 1.33 bits per heavy atom. The quantitative estimate of drug-likeness (QED) is 0.592. The number of ether oxygens (including phenoxy) is 2. The van der Waals surface area contributed by atoms with Gasteiger partial charge in [0.05, 0.1) is 12.7 Å². The lowest BCUT2D eigenvalue weighted by Crippen LogP contribution is -2.39. The molecule has 0 aromatic heterocycles. The van der Waals surface area contributed by atoms with E-state index in [4.69, 9.17) is 15.2 Å². The molecule has 3 heteroatoms. The Balaban J connectivity index is 1.95. The van der Waals surface area contributed by atoms with Crippen molar-refractivity contribution in [2.24, 2.45) is 5.73 Å². The molecule has 2 N–H and O–H groups in total. The van der Waals surface area contributed by atoms with Crippen LogP contribution in [0.4, 0.5) is 0 Å². The molecule has 1 heterocycles. The second kappa shape index (κ2) is 2.98. The molecule has 1 aliphatic heterocycles. The third-order valence-electron chi connectivity index (χ3n) is 2.79. The molecule has 12 heavy (non-hydrogen) atoms. The Morgan fingerprint density at radius 2 is 2.00 bits per heavy atom. The number of hydrogen-bond acceptors (Lipinski definition) is 3. The van der Waals surface area contributed by atoms with Crippen molar-refractivity contribution in [3.63, 3.8) is 0 Å². The van der Waals surface area contributed by atoms with Crippen molar-refractivity contribution in [1.82, 2.24) is 0 Å². The van der Waals surface area contributed by atoms with E-state index in [1.165, 1.54) is 0 Å². The SMILES string of the molecule is CC1COC2(CCC(N)CC2)O1. The largest absolute Gasteiger partial charge is 0.347 e. The van der Waals surface area contributed by atoms with Gasteiger partial charge < -0.3 is 15.2 Å². The van der Waals surface area contributed by atoms with Crippen LogP contribution in [0.3, 0.4) is 0 Å². The van der Waals surface area contributed by atoms with Crippen LogP contribution < -0.4 is 5.73 Å². The average Bonchev–Trinajstić information content (AvgIpc) is 2.40. The van der Waals surface area contributed by atoms with Crippen LogP contribution in [0, 0.1) is 0 Å². The van der Waals surface area contributed by atoms with Gasteiger partial charge in [-0.1, -0.05) is 0 Å². The van der Waals surface area contributed by atoms with Gasteiger partial charge in [-0.25, -0.2) is 0 Å². The van der Waals surface area contributed by atoms with E-state index in [0.29, 0.717) is 6.04 Å². The fourth-order valence-electron chi connectivity index (χ4n) is 2.05. The Bertz CT molecular complexity index is 164. The normalized spacial score (nSPS) is 48.5. The molecule has 2 fully saturated rings. The minimum atomic E-state index is -0.255. The molecule has 1 atom stereocenters. The average molecular weight is 171 g/mol. The van der Waals surface area contributed by atoms with Crippen molar-refractivity contribution >= 4 is 0 Å². The third kappa shape index (κ3) is 1.49. The fourth-order valence-corrected chi connectivity index (χ4v) is 2.05. The topological polar surface area (TPSA) is 44.5 Å². The van der Waals surface area contributed by atoms with Crippen LogP contribution in [0.5, 0.6) is 0 Å². The summed E-state index contributed by atoms with van der Waals surface area (Å²) in [5, 5.41) is 0. The van der Waals surface area contributed by atoms with Crippen molar-refractivity contribution in [2.75, 3.05) is 6.61 Å². The van der Waals surface area contributed by atoms with Crippen LogP contribution >= 0.6 is 0 Å². The highest BCUT2D eigenvalue weighted by atomic mass is 16.7. The van der Waals surface area contributed by atoms with E-state index in [-0.39, 0.29) is 11.9 Å². The van der Waals surface area contributed by atoms with Crippen molar-refractivity contribution in [2.45, 2.75) is 50.5 Å². The smallest absolute Gasteiger partial charge is 0.169 e. The molecule has 0 aromatic carbocycles. The zero-order chi connectivity index (χ0) is 8.60. The summed E-state index contributed by atoms with van der Waals surface area (Å²) in [5.74, 6) is -0.255. The summed E-state index contributed by atoms with van der Waals surface area (Å²) in [4.78, 5) is 0. The third-order valence-corrected chi connectivity index (χ3v) is 2.79. The minimum absolute atomic E-state index is 0.255. The van der Waals surface area contributed by atoms with Gasteiger partial charge in [-0.05, 0) is 19.8 Å². The van der Waals surface area contributed by atoms with E-state index in [1.807, 2.05) is 0 Å². The highest BCUT2D eigenvalue weighted by Crippen LogP contribution is 2.37. The van der Waals surface area contributed by atoms with Crippen LogP contribution in [-0.2, 0) is 9.47 Å². The van der Waals surface area contributed by atoms with E-state index in [0.717, 1.165) is 32.3 Å². The second-order valence-corrected chi connectivity index (χ2v) is 3.99. The molecule has 0 amide bonds. The van der Waals surface area contributed by atoms with Crippen molar-refractivity contribution < 1.29 is 9.47 Å². The summed E-state index contributed by atoms with van der Waals surface area (Å²) in [6, 6.07) is 0.360. The molecule has 1 saturated heterocycles. The summed E-state index contributed by atoms with van der Waals surface area (Å²) in [6.45, 7) is 2.80. The first-order valence-electron chi connectivity index (χ1n) is 4.78. The maximum atomic E-state index is 5.81. The van der Waals surface area contributed by atoms with E-state index in [2.05, 4.69) is 6.92 Å². The van der Waals surface area contributed by atoms with E-state index in [9.17, 15) is 0 Å². The monoisotopic (exact) mass is 171 g/mol. The van der Waals surface area contributed by atoms with Crippen LogP contribution in [0.2, 0.25) is 0 Å². The molecule has 70 valence electrons. The molecular formula is C9H17NO2. The molecule has 0 radical (unpaired) electrons. The Kier molecular flexibility index (Phi) is 2.10. The Hall–Kier alpha value is -0.120. The maximum Gasteiger partial charge on any atom is 0.169 e. The summed E-state index contributed by atoms with van der Waals surface area (Å²) in [5.41, 5.74) is 5.81. The van der Waals surface area contributed by atoms with E-state index >= 15 is 0 Å². The van der Waals surface area contributed by atoms with Crippen molar-refractivity contribution in [1.29, 1.82) is 0 Å². The van der Waals surface area contributed by atoms with Gasteiger partial charge in [0.25, 0.3) is 0 Å². The van der Waals surface area contributed by atoms with Gasteiger partial charge >= 0.3 is 0 Å². The first-order chi connectivity index (χ1) is 5.70. The van der Waals surface area contributed by atoms with Crippen LogP contribution in [0.25, 0.3) is 0 Å². The standard InChI is InChI=1S/C9H17NO2/c1-7-6-11-9(12-7)4-2-8(10)3-5-9/h7-8H,2-6,10H2,1H3. The predicted molar refractivity (Wildman–Crippen MR) is 45.7 cm³/mol. The van der Waals surface area contributed by atoms with Gasteiger partial charge in [-0.2, -0.15) is 0 Å². The van der Waals surface area contributed by atoms with Gasteiger partial charge in [-0.15, -0.1) is 0 Å². The van der Waals surface area contributed by atoms with Gasteiger partial charge in [0.1, 0.15) is 0 Å². The van der Waals surface area contributed by atoms with Gasteiger partial charge in [-0.3, -0.25) is 0 Å². The molecule has 3 nitrogen and oxygen atoms in total. The number of rotatable bonds is 0. The van der Waals surface area contributed by atoms with Crippen LogP contribution in [-0.4, -0.2) is 24.5 Å². The predicted octanol–water partition coefficient (Wildman–Crippen LogP) is 1.02. The summed E-state index contributed by atoms with van der Waals surface area (Å²) >= 11 is 0. The summed E-state index contributed by atoms with van der Waals surface area (Å²) < 4.78 is 11.4. The lowest BCUT2D eigenvalue weighted by atomic mass is 9.91. The number of nitrogens with two attached hydrogens (primary N) is 1. The van der Waals surface area contributed by atoms with Gasteiger partial charge in [0.15, 0.2) is 5.79 Å². The molecule has 0 aromatic rings. The Morgan fingerprint density at radius 3 is 2.50 bits per heavy atom. The van der Waals surface area contributed by atoms with Crippen LogP contribution in [0.15, 0.2) is 0 Å². The molecule has 1 saturated carbocycles. The summed E-state index contributed by atoms with van der Waals surface area (Å²) in [7, 11) is 0. The lowest BCUT2D eigenvalue weighted by molar-refractivity contribution is -0.187. The first-order valence-corrected chi connectivity index (χ1v) is 4.78. The lowest BCUT2D eigenvalue weighted by Gasteiger charge is -2.34. The number of hydrogen-bond donors (Lipinski definition) is 1. The second-order valence-electron chi connectivity index (χ2n) is 3.99. The van der Waals surface area contributed by atoms with Gasteiger partial charge in [0.2, 0.25) is 0 Å². The molecule has 2 aliphatic rings. The van der Waals surface area contributed by atoms with E-state index < -0.39 is 0 Å². The maximum absolute atomic E-state index is 5.81. The molecule has 2 rings (SSSR count). The minimum Gasteiger partial charge on any atom is -0.347 e. The van der Waals surface area contributed by atoms with Gasteiger partial charge in [0, 0.05) is 18.9 Å². The fraction of sp³-hybridized carbons (Fsp3) is 1.00. The molecular weight excluding hydrogens is 154 g/mol.